The molecule has 242 valence electrons. The van der Waals surface area contributed by atoms with Crippen LogP contribution in [0.4, 0.5) is 0 Å². The molecule has 9 heteroatoms. The van der Waals surface area contributed by atoms with Gasteiger partial charge in [0.15, 0.2) is 0 Å². The number of aliphatic hydroxyl groups is 4. The molecule has 3 unspecified atom stereocenters. The minimum Gasteiger partial charge on any atom is -0.393 e. The molecule has 42 heavy (non-hydrogen) atoms. The first-order chi connectivity index (χ1) is 19.6. The third-order valence-corrected chi connectivity index (χ3v) is 14.7. The summed E-state index contributed by atoms with van der Waals surface area (Å²) in [4.78, 5) is 0. The summed E-state index contributed by atoms with van der Waals surface area (Å²) in [5.41, 5.74) is 2.07. The minimum atomic E-state index is -4.58. The largest absolute Gasteiger partial charge is 0.393 e. The Hall–Kier alpha value is -0.550. The van der Waals surface area contributed by atoms with Gasteiger partial charge in [0.05, 0.1) is 12.2 Å². The van der Waals surface area contributed by atoms with Crippen LogP contribution in [0, 0.1) is 46.3 Å². The molecule has 3 saturated carbocycles. The van der Waals surface area contributed by atoms with E-state index < -0.39 is 51.8 Å². The quantitative estimate of drug-likeness (QED) is 0.199. The lowest BCUT2D eigenvalue weighted by atomic mass is 9.47. The average molecular weight is 613 g/mol. The SMILES string of the molecule is CC(CCC[C@@H](C)[C@H]1CC[C@H]2[C@@H]3CC=C4C[C@@H](O)CC[C@]4(C)[C@H]3CC[C@]12C)C(C1O[C@H](C)[C@@H](O)[C@H](O)[C@H]1O)S(=O)(=O)O. The number of allylic oxidation sites excluding steroid dienone is 1. The maximum atomic E-state index is 12.5. The van der Waals surface area contributed by atoms with Gasteiger partial charge >= 0.3 is 0 Å². The lowest BCUT2D eigenvalue weighted by Crippen LogP contribution is -2.62. The third kappa shape index (κ3) is 5.67. The van der Waals surface area contributed by atoms with E-state index in [1.54, 1.807) is 6.92 Å². The molecule has 0 bridgehead atoms. The highest BCUT2D eigenvalue weighted by atomic mass is 32.2. The van der Waals surface area contributed by atoms with Crippen molar-refractivity contribution in [3.05, 3.63) is 11.6 Å². The second-order valence-electron chi connectivity index (χ2n) is 15.5. The van der Waals surface area contributed by atoms with Gasteiger partial charge in [0.1, 0.15) is 29.7 Å². The standard InChI is InChI=1S/C33H56O8S/c1-18(7-6-8-19(2)31(42(38,39)40)30-29(37)28(36)27(35)20(3)41-30)24-11-12-25-23-10-9-21-17-22(34)13-15-32(21,4)26(23)14-16-33(24,25)5/h9,18-20,22-31,34-37H,6-8,10-17H2,1-5H3,(H,38,39,40)/t18-,19?,20-,22+,23+,24-,25+,26+,27-,28+,29-,30?,31?,32+,33-/m1/s1. The van der Waals surface area contributed by atoms with Crippen LogP contribution in [0.1, 0.15) is 105 Å². The molecule has 1 heterocycles. The molecule has 1 saturated heterocycles. The summed E-state index contributed by atoms with van der Waals surface area (Å²) in [6.45, 7) is 10.6. The van der Waals surface area contributed by atoms with Gasteiger partial charge in [0, 0.05) is 0 Å². The monoisotopic (exact) mass is 612 g/mol. The van der Waals surface area contributed by atoms with E-state index in [0.29, 0.717) is 23.7 Å². The van der Waals surface area contributed by atoms with Gasteiger partial charge in [-0.2, -0.15) is 8.42 Å². The van der Waals surface area contributed by atoms with E-state index in [1.807, 2.05) is 0 Å². The van der Waals surface area contributed by atoms with E-state index >= 15 is 0 Å². The van der Waals surface area contributed by atoms with Crippen molar-refractivity contribution in [1.82, 2.24) is 0 Å². The minimum absolute atomic E-state index is 0.176. The fourth-order valence-electron chi connectivity index (χ4n) is 10.9. The molecular weight excluding hydrogens is 556 g/mol. The predicted octanol–water partition coefficient (Wildman–Crippen LogP) is 4.50. The molecule has 4 fully saturated rings. The van der Waals surface area contributed by atoms with E-state index in [9.17, 15) is 33.4 Å². The van der Waals surface area contributed by atoms with Crippen molar-refractivity contribution >= 4 is 10.1 Å². The second-order valence-corrected chi connectivity index (χ2v) is 17.1. The zero-order valence-corrected chi connectivity index (χ0v) is 27.0. The highest BCUT2D eigenvalue weighted by molar-refractivity contribution is 7.86. The molecule has 1 aliphatic heterocycles. The molecule has 0 aromatic heterocycles. The fourth-order valence-corrected chi connectivity index (χ4v) is 12.2. The Bertz CT molecular complexity index is 1110. The summed E-state index contributed by atoms with van der Waals surface area (Å²) >= 11 is 0. The number of hydrogen-bond acceptors (Lipinski definition) is 7. The first kappa shape index (κ1) is 32.8. The van der Waals surface area contributed by atoms with Crippen LogP contribution in [0.15, 0.2) is 11.6 Å². The van der Waals surface area contributed by atoms with Crippen LogP contribution in [-0.4, -0.2) is 75.3 Å². The smallest absolute Gasteiger partial charge is 0.270 e. The van der Waals surface area contributed by atoms with Crippen LogP contribution in [0.2, 0.25) is 0 Å². The van der Waals surface area contributed by atoms with Crippen LogP contribution < -0.4 is 0 Å². The zero-order valence-electron chi connectivity index (χ0n) is 26.2. The van der Waals surface area contributed by atoms with Crippen molar-refractivity contribution in [2.24, 2.45) is 46.3 Å². The molecule has 4 aliphatic carbocycles. The molecule has 5 N–H and O–H groups in total. The first-order valence-corrected chi connectivity index (χ1v) is 18.1. The maximum Gasteiger partial charge on any atom is 0.270 e. The Morgan fingerprint density at radius 1 is 0.952 bits per heavy atom. The Morgan fingerprint density at radius 2 is 1.67 bits per heavy atom. The molecule has 5 aliphatic rings. The fraction of sp³-hybridized carbons (Fsp3) is 0.939. The molecule has 5 rings (SSSR count). The van der Waals surface area contributed by atoms with Crippen molar-refractivity contribution in [2.75, 3.05) is 0 Å². The van der Waals surface area contributed by atoms with Gasteiger partial charge in [-0.3, -0.25) is 4.55 Å². The van der Waals surface area contributed by atoms with Gasteiger partial charge in [-0.1, -0.05) is 52.2 Å². The Morgan fingerprint density at radius 3 is 2.36 bits per heavy atom. The van der Waals surface area contributed by atoms with Gasteiger partial charge in [0.25, 0.3) is 10.1 Å². The lowest BCUT2D eigenvalue weighted by Gasteiger charge is -2.58. The van der Waals surface area contributed by atoms with E-state index in [4.69, 9.17) is 4.74 Å². The summed E-state index contributed by atoms with van der Waals surface area (Å²) in [5.74, 6) is 2.79. The third-order valence-electron chi connectivity index (χ3n) is 13.3. The first-order valence-electron chi connectivity index (χ1n) is 16.6. The van der Waals surface area contributed by atoms with Crippen LogP contribution in [0.3, 0.4) is 0 Å². The summed E-state index contributed by atoms with van der Waals surface area (Å²) < 4.78 is 40.7. The summed E-state index contributed by atoms with van der Waals surface area (Å²) in [6, 6.07) is 0. The molecule has 8 nitrogen and oxygen atoms in total. The number of hydrogen-bond donors (Lipinski definition) is 5. The lowest BCUT2D eigenvalue weighted by molar-refractivity contribution is -0.219. The predicted molar refractivity (Wildman–Crippen MR) is 161 cm³/mol. The molecule has 15 atom stereocenters. The average Bonchev–Trinajstić information content (AvgIpc) is 3.27. The molecule has 0 amide bonds. The second kappa shape index (κ2) is 12.0. The molecule has 0 spiro atoms. The van der Waals surface area contributed by atoms with Gasteiger partial charge < -0.3 is 25.2 Å². The highest BCUT2D eigenvalue weighted by Crippen LogP contribution is 2.67. The molecule has 0 radical (unpaired) electrons. The van der Waals surface area contributed by atoms with E-state index in [0.717, 1.165) is 56.3 Å². The normalized spacial score (nSPS) is 47.9. The summed E-state index contributed by atoms with van der Waals surface area (Å²) in [6.07, 6.45) is 7.03. The van der Waals surface area contributed by atoms with Crippen molar-refractivity contribution in [3.63, 3.8) is 0 Å². The van der Waals surface area contributed by atoms with E-state index in [1.165, 1.54) is 38.2 Å². The van der Waals surface area contributed by atoms with Crippen molar-refractivity contribution < 1.29 is 38.1 Å². The van der Waals surface area contributed by atoms with Gasteiger partial charge in [-0.15, -0.1) is 0 Å². The van der Waals surface area contributed by atoms with Crippen LogP contribution in [0.5, 0.6) is 0 Å². The van der Waals surface area contributed by atoms with Crippen LogP contribution in [0.25, 0.3) is 0 Å². The molecule has 0 aromatic rings. The van der Waals surface area contributed by atoms with E-state index in [2.05, 4.69) is 26.8 Å². The Balaban J connectivity index is 1.21. The zero-order chi connectivity index (χ0) is 30.8. The van der Waals surface area contributed by atoms with Gasteiger partial charge in [0.2, 0.25) is 0 Å². The van der Waals surface area contributed by atoms with Crippen LogP contribution in [-0.2, 0) is 14.9 Å². The van der Waals surface area contributed by atoms with Crippen molar-refractivity contribution in [2.45, 2.75) is 147 Å². The topological polar surface area (TPSA) is 145 Å². The maximum absolute atomic E-state index is 12.5. The number of rotatable bonds is 8. The Kier molecular flexibility index (Phi) is 9.38. The summed E-state index contributed by atoms with van der Waals surface area (Å²) in [5, 5.41) is 39.8. The Labute approximate surface area is 253 Å². The number of ether oxygens (including phenoxy) is 1. The van der Waals surface area contributed by atoms with Crippen LogP contribution >= 0.6 is 0 Å². The number of aliphatic hydroxyl groups excluding tert-OH is 4. The van der Waals surface area contributed by atoms with Crippen molar-refractivity contribution in [1.29, 1.82) is 0 Å². The molecule has 0 aromatic carbocycles. The highest BCUT2D eigenvalue weighted by Gasteiger charge is 2.59. The van der Waals surface area contributed by atoms with E-state index in [-0.39, 0.29) is 11.5 Å². The van der Waals surface area contributed by atoms with Gasteiger partial charge in [-0.25, -0.2) is 0 Å². The van der Waals surface area contributed by atoms with Crippen molar-refractivity contribution in [3.8, 4) is 0 Å². The summed E-state index contributed by atoms with van der Waals surface area (Å²) in [7, 11) is -4.58. The number of fused-ring (bicyclic) bond motifs is 5. The molecular formula is C33H56O8S. The van der Waals surface area contributed by atoms with Gasteiger partial charge in [-0.05, 0) is 111 Å².